The summed E-state index contributed by atoms with van der Waals surface area (Å²) in [6.45, 7) is 2.16. The Kier molecular flexibility index (Phi) is 4.87. The van der Waals surface area contributed by atoms with Crippen LogP contribution in [0.25, 0.3) is 0 Å². The van der Waals surface area contributed by atoms with Crippen LogP contribution in [-0.4, -0.2) is 41.7 Å². The maximum Gasteiger partial charge on any atom is 0.271 e. The van der Waals surface area contributed by atoms with Gasteiger partial charge in [0.1, 0.15) is 6.10 Å². The number of hydrogen-bond acceptors (Lipinski definition) is 6. The van der Waals surface area contributed by atoms with Crippen LogP contribution >= 0.6 is 0 Å². The quantitative estimate of drug-likeness (QED) is 0.611. The molecule has 8 nitrogen and oxygen atoms in total. The van der Waals surface area contributed by atoms with Crippen molar-refractivity contribution in [2.75, 3.05) is 23.4 Å². The van der Waals surface area contributed by atoms with Gasteiger partial charge in [0, 0.05) is 37.5 Å². The van der Waals surface area contributed by atoms with Gasteiger partial charge >= 0.3 is 0 Å². The smallest absolute Gasteiger partial charge is 0.271 e. The summed E-state index contributed by atoms with van der Waals surface area (Å²) >= 11 is 0. The SMILES string of the molecule is CC(O)C(=O)N[C@@H]1CCN2c3ccc([N+](=O)[O-])cc3N(C)c3ccccc3[C@H]2C1. The maximum absolute atomic E-state index is 12.0. The zero-order valence-corrected chi connectivity index (χ0v) is 16.4. The molecule has 1 unspecified atom stereocenters. The lowest BCUT2D eigenvalue weighted by molar-refractivity contribution is -0.384. The van der Waals surface area contributed by atoms with Crippen molar-refractivity contribution in [2.45, 2.75) is 38.0 Å². The second kappa shape index (κ2) is 7.36. The number of nitrogens with one attached hydrogen (secondary N) is 1. The minimum absolute atomic E-state index is 0.0180. The molecule has 0 bridgehead atoms. The van der Waals surface area contributed by atoms with Crippen molar-refractivity contribution in [2.24, 2.45) is 0 Å². The molecule has 2 aliphatic heterocycles. The number of nitro groups is 1. The number of aliphatic hydroxyl groups is 1. The Balaban J connectivity index is 1.77. The Bertz CT molecular complexity index is 961. The van der Waals surface area contributed by atoms with Crippen LogP contribution in [0.2, 0.25) is 0 Å². The molecule has 152 valence electrons. The summed E-state index contributed by atoms with van der Waals surface area (Å²) in [5.41, 5.74) is 3.90. The first-order valence-electron chi connectivity index (χ1n) is 9.73. The number of carbonyl (C=O) groups is 1. The van der Waals surface area contributed by atoms with E-state index in [1.54, 1.807) is 12.1 Å². The number of para-hydroxylation sites is 1. The van der Waals surface area contributed by atoms with Crippen LogP contribution in [0.5, 0.6) is 0 Å². The Hall–Kier alpha value is -3.13. The summed E-state index contributed by atoms with van der Waals surface area (Å²) < 4.78 is 0. The van der Waals surface area contributed by atoms with Gasteiger partial charge in [0.25, 0.3) is 5.69 Å². The predicted molar refractivity (Wildman–Crippen MR) is 111 cm³/mol. The monoisotopic (exact) mass is 396 g/mol. The number of rotatable bonds is 3. The summed E-state index contributed by atoms with van der Waals surface area (Å²) in [6.07, 6.45) is 0.388. The van der Waals surface area contributed by atoms with Crippen LogP contribution in [-0.2, 0) is 4.79 Å². The topological polar surface area (TPSA) is 99.0 Å². The van der Waals surface area contributed by atoms with Crippen LogP contribution in [0, 0.1) is 10.1 Å². The van der Waals surface area contributed by atoms with E-state index in [0.29, 0.717) is 13.0 Å². The highest BCUT2D eigenvalue weighted by Crippen LogP contribution is 2.48. The molecule has 1 fully saturated rings. The normalized spacial score (nSPS) is 21.3. The molecule has 1 saturated heterocycles. The Labute approximate surface area is 168 Å². The number of nitrogens with zero attached hydrogens (tertiary/aromatic N) is 3. The van der Waals surface area contributed by atoms with Crippen molar-refractivity contribution in [3.8, 4) is 0 Å². The zero-order chi connectivity index (χ0) is 20.7. The van der Waals surface area contributed by atoms with Crippen LogP contribution in [0.15, 0.2) is 42.5 Å². The molecule has 2 aromatic rings. The summed E-state index contributed by atoms with van der Waals surface area (Å²) in [6, 6.07) is 13.0. The first-order valence-corrected chi connectivity index (χ1v) is 9.73. The molecule has 0 spiro atoms. The number of benzene rings is 2. The number of amides is 1. The molecular weight excluding hydrogens is 372 g/mol. The number of aliphatic hydroxyl groups excluding tert-OH is 1. The molecule has 2 aromatic carbocycles. The van der Waals surface area contributed by atoms with Crippen molar-refractivity contribution in [1.82, 2.24) is 5.32 Å². The molecule has 8 heteroatoms. The van der Waals surface area contributed by atoms with Gasteiger partial charge in [0.05, 0.1) is 22.3 Å². The van der Waals surface area contributed by atoms with Crippen LogP contribution in [0.3, 0.4) is 0 Å². The number of hydrogen-bond donors (Lipinski definition) is 2. The fraction of sp³-hybridized carbons (Fsp3) is 0.381. The molecule has 2 N–H and O–H groups in total. The van der Waals surface area contributed by atoms with E-state index >= 15 is 0 Å². The van der Waals surface area contributed by atoms with E-state index in [1.807, 2.05) is 36.2 Å². The number of nitro benzene ring substituents is 1. The molecule has 0 saturated carbocycles. The number of non-ortho nitro benzene ring substituents is 1. The lowest BCUT2D eigenvalue weighted by Crippen LogP contribution is -2.48. The molecular formula is C21H24N4O4. The van der Waals surface area contributed by atoms with Gasteiger partial charge in [-0.15, -0.1) is 0 Å². The molecule has 1 amide bonds. The molecule has 2 aliphatic rings. The molecule has 0 radical (unpaired) electrons. The highest BCUT2D eigenvalue weighted by Gasteiger charge is 2.37. The van der Waals surface area contributed by atoms with Gasteiger partial charge in [-0.2, -0.15) is 0 Å². The highest BCUT2D eigenvalue weighted by atomic mass is 16.6. The number of carbonyl (C=O) groups excluding carboxylic acids is 1. The van der Waals surface area contributed by atoms with E-state index in [4.69, 9.17) is 0 Å². The van der Waals surface area contributed by atoms with E-state index < -0.39 is 6.10 Å². The van der Waals surface area contributed by atoms with Crippen molar-refractivity contribution < 1.29 is 14.8 Å². The second-order valence-electron chi connectivity index (χ2n) is 7.66. The highest BCUT2D eigenvalue weighted by molar-refractivity contribution is 5.84. The van der Waals surface area contributed by atoms with Gasteiger partial charge < -0.3 is 20.2 Å². The summed E-state index contributed by atoms with van der Waals surface area (Å²) in [5.74, 6) is -0.362. The largest absolute Gasteiger partial charge is 0.384 e. The molecule has 4 rings (SSSR count). The first-order chi connectivity index (χ1) is 13.9. The predicted octanol–water partition coefficient (Wildman–Crippen LogP) is 2.88. The van der Waals surface area contributed by atoms with Crippen molar-refractivity contribution >= 4 is 28.7 Å². The summed E-state index contributed by atoms with van der Waals surface area (Å²) in [5, 5.41) is 23.8. The minimum atomic E-state index is -1.04. The Morgan fingerprint density at radius 3 is 2.72 bits per heavy atom. The molecule has 0 aliphatic carbocycles. The summed E-state index contributed by atoms with van der Waals surface area (Å²) in [4.78, 5) is 27.2. The van der Waals surface area contributed by atoms with Gasteiger partial charge in [-0.05, 0) is 37.5 Å². The van der Waals surface area contributed by atoms with Crippen molar-refractivity contribution in [3.05, 3.63) is 58.1 Å². The van der Waals surface area contributed by atoms with Crippen LogP contribution in [0.4, 0.5) is 22.7 Å². The third-order valence-electron chi connectivity index (χ3n) is 5.83. The third-order valence-corrected chi connectivity index (χ3v) is 5.83. The van der Waals surface area contributed by atoms with E-state index in [9.17, 15) is 20.0 Å². The Morgan fingerprint density at radius 2 is 2.00 bits per heavy atom. The fourth-order valence-electron chi connectivity index (χ4n) is 4.34. The van der Waals surface area contributed by atoms with Crippen LogP contribution in [0.1, 0.15) is 31.4 Å². The van der Waals surface area contributed by atoms with Gasteiger partial charge in [-0.1, -0.05) is 18.2 Å². The van der Waals surface area contributed by atoms with E-state index in [-0.39, 0.29) is 28.6 Å². The standard InChI is InChI=1S/C21H24N4O4/c1-13(26)21(27)22-14-9-10-24-18-8-7-15(25(28)29)12-20(18)23(2)17-6-4-3-5-16(17)19(24)11-14/h3-8,12-14,19,26H,9-11H2,1-2H3,(H,22,27)/t13?,14-,19-/m1/s1. The molecule has 2 heterocycles. The van der Waals surface area contributed by atoms with E-state index in [1.165, 1.54) is 6.92 Å². The Morgan fingerprint density at radius 1 is 1.24 bits per heavy atom. The average Bonchev–Trinajstić information content (AvgIpc) is 2.81. The van der Waals surface area contributed by atoms with Gasteiger partial charge in [-0.25, -0.2) is 0 Å². The first kappa shape index (κ1) is 19.2. The minimum Gasteiger partial charge on any atom is -0.384 e. The van der Waals surface area contributed by atoms with E-state index in [0.717, 1.165) is 29.0 Å². The van der Waals surface area contributed by atoms with Crippen molar-refractivity contribution in [1.29, 1.82) is 0 Å². The van der Waals surface area contributed by atoms with E-state index in [2.05, 4.69) is 16.3 Å². The number of fused-ring (bicyclic) bond motifs is 5. The van der Waals surface area contributed by atoms with Crippen LogP contribution < -0.4 is 15.1 Å². The third kappa shape index (κ3) is 3.40. The van der Waals surface area contributed by atoms with Gasteiger partial charge in [-0.3, -0.25) is 14.9 Å². The molecule has 29 heavy (non-hydrogen) atoms. The fourth-order valence-corrected chi connectivity index (χ4v) is 4.34. The zero-order valence-electron chi connectivity index (χ0n) is 16.4. The van der Waals surface area contributed by atoms with Crippen molar-refractivity contribution in [3.63, 3.8) is 0 Å². The lowest BCUT2D eigenvalue weighted by atomic mass is 9.90. The van der Waals surface area contributed by atoms with Gasteiger partial charge in [0.15, 0.2) is 0 Å². The second-order valence-corrected chi connectivity index (χ2v) is 7.66. The number of piperidine rings is 1. The lowest BCUT2D eigenvalue weighted by Gasteiger charge is -2.41. The maximum atomic E-state index is 12.0. The van der Waals surface area contributed by atoms with Gasteiger partial charge in [0.2, 0.25) is 5.91 Å². The average molecular weight is 396 g/mol. The summed E-state index contributed by atoms with van der Waals surface area (Å²) in [7, 11) is 1.92. The molecule has 0 aromatic heterocycles. The molecule has 3 atom stereocenters. The number of anilines is 3.